The van der Waals surface area contributed by atoms with Crippen LogP contribution < -0.4 is 10.1 Å². The van der Waals surface area contributed by atoms with Crippen molar-refractivity contribution in [1.29, 1.82) is 0 Å². The van der Waals surface area contributed by atoms with Gasteiger partial charge in [0.2, 0.25) is 0 Å². The van der Waals surface area contributed by atoms with Crippen molar-refractivity contribution >= 4 is 40.2 Å². The average molecular weight is 464 g/mol. The Morgan fingerprint density at radius 3 is 2.61 bits per heavy atom. The molecular formula is C25H22ClN3O4. The van der Waals surface area contributed by atoms with Gasteiger partial charge in [0.05, 0.1) is 29.4 Å². The summed E-state index contributed by atoms with van der Waals surface area (Å²) in [4.78, 5) is 33.3. The second kappa shape index (κ2) is 9.75. The first-order valence-corrected chi connectivity index (χ1v) is 10.8. The van der Waals surface area contributed by atoms with E-state index in [0.717, 1.165) is 11.1 Å². The summed E-state index contributed by atoms with van der Waals surface area (Å²) in [6.45, 7) is 1.76. The molecule has 0 fully saturated rings. The number of esters is 1. The van der Waals surface area contributed by atoms with Gasteiger partial charge in [0.25, 0.3) is 5.91 Å². The average Bonchev–Trinajstić information content (AvgIpc) is 3.26. The zero-order valence-electron chi connectivity index (χ0n) is 18.1. The number of methoxy groups -OCH3 is 1. The number of aromatic amines is 1. The van der Waals surface area contributed by atoms with Crippen molar-refractivity contribution in [3.8, 4) is 17.1 Å². The lowest BCUT2D eigenvalue weighted by Crippen LogP contribution is -2.32. The number of imidazole rings is 1. The molecule has 168 valence electrons. The summed E-state index contributed by atoms with van der Waals surface area (Å²) >= 11 is 6.02. The number of carbonyl (C=O) groups excluding carboxylic acids is 2. The molecular weight excluding hydrogens is 442 g/mol. The standard InChI is InChI=1S/C25H22ClN3O4/c1-3-21(24(30)29-20-14-17(26)10-12-22(20)32-2)33-25(31)16-9-11-18-19(13-16)28-23(27-18)15-7-5-4-6-8-15/h4-14,21H,3H2,1-2H3,(H,27,28)(H,29,30). The maximum atomic E-state index is 12.8. The van der Waals surface area contributed by atoms with E-state index in [-0.39, 0.29) is 0 Å². The number of fused-ring (bicyclic) bond motifs is 1. The second-order valence-corrected chi connectivity index (χ2v) is 7.76. The lowest BCUT2D eigenvalue weighted by Gasteiger charge is -2.17. The normalized spacial score (nSPS) is 11.7. The van der Waals surface area contributed by atoms with Crippen molar-refractivity contribution in [3.63, 3.8) is 0 Å². The number of halogens is 1. The fourth-order valence-electron chi connectivity index (χ4n) is 3.38. The Balaban J connectivity index is 1.50. The fourth-order valence-corrected chi connectivity index (χ4v) is 3.55. The van der Waals surface area contributed by atoms with Gasteiger partial charge < -0.3 is 19.8 Å². The number of H-pyrrole nitrogens is 1. The summed E-state index contributed by atoms with van der Waals surface area (Å²) in [5, 5.41) is 3.16. The molecule has 0 aliphatic rings. The van der Waals surface area contributed by atoms with Gasteiger partial charge in [-0.3, -0.25) is 4.79 Å². The van der Waals surface area contributed by atoms with E-state index in [0.29, 0.717) is 39.8 Å². The maximum absolute atomic E-state index is 12.8. The SMILES string of the molecule is CCC(OC(=O)c1ccc2nc(-c3ccccc3)[nH]c2c1)C(=O)Nc1cc(Cl)ccc1OC. The molecule has 0 saturated carbocycles. The van der Waals surface area contributed by atoms with Crippen LogP contribution in [0.15, 0.2) is 66.7 Å². The van der Waals surface area contributed by atoms with Gasteiger partial charge >= 0.3 is 5.97 Å². The topological polar surface area (TPSA) is 93.3 Å². The van der Waals surface area contributed by atoms with Crippen molar-refractivity contribution in [1.82, 2.24) is 9.97 Å². The maximum Gasteiger partial charge on any atom is 0.338 e. The molecule has 0 spiro atoms. The van der Waals surface area contributed by atoms with Crippen molar-refractivity contribution < 1.29 is 19.1 Å². The quantitative estimate of drug-likeness (QED) is 0.355. The molecule has 1 atom stereocenters. The van der Waals surface area contributed by atoms with Crippen molar-refractivity contribution in [2.45, 2.75) is 19.4 Å². The summed E-state index contributed by atoms with van der Waals surface area (Å²) < 4.78 is 10.8. The molecule has 1 aromatic heterocycles. The van der Waals surface area contributed by atoms with Gasteiger partial charge in [0.1, 0.15) is 11.6 Å². The number of amides is 1. The first-order chi connectivity index (χ1) is 16.0. The van der Waals surface area contributed by atoms with Gasteiger partial charge in [-0.25, -0.2) is 9.78 Å². The second-order valence-electron chi connectivity index (χ2n) is 7.32. The fraction of sp³-hybridized carbons (Fsp3) is 0.160. The van der Waals surface area contributed by atoms with E-state index in [1.54, 1.807) is 43.3 Å². The third kappa shape index (κ3) is 4.99. The third-order valence-corrected chi connectivity index (χ3v) is 5.33. The van der Waals surface area contributed by atoms with Gasteiger partial charge in [-0.1, -0.05) is 48.9 Å². The van der Waals surface area contributed by atoms with Gasteiger partial charge in [0.15, 0.2) is 6.10 Å². The molecule has 0 aliphatic carbocycles. The zero-order chi connectivity index (χ0) is 23.4. The van der Waals surface area contributed by atoms with Gasteiger partial charge in [0, 0.05) is 10.6 Å². The van der Waals surface area contributed by atoms with Crippen LogP contribution in [0, 0.1) is 0 Å². The monoisotopic (exact) mass is 463 g/mol. The summed E-state index contributed by atoms with van der Waals surface area (Å²) in [5.74, 6) is 0.0819. The number of carbonyl (C=O) groups is 2. The molecule has 0 saturated heterocycles. The third-order valence-electron chi connectivity index (χ3n) is 5.10. The largest absolute Gasteiger partial charge is 0.495 e. The molecule has 33 heavy (non-hydrogen) atoms. The van der Waals surface area contributed by atoms with E-state index in [1.165, 1.54) is 7.11 Å². The Morgan fingerprint density at radius 1 is 1.09 bits per heavy atom. The van der Waals surface area contributed by atoms with Gasteiger partial charge in [-0.15, -0.1) is 0 Å². The molecule has 1 amide bonds. The number of aromatic nitrogens is 2. The minimum Gasteiger partial charge on any atom is -0.495 e. The van der Waals surface area contributed by atoms with E-state index < -0.39 is 18.0 Å². The number of hydrogen-bond acceptors (Lipinski definition) is 5. The summed E-state index contributed by atoms with van der Waals surface area (Å²) in [6, 6.07) is 19.6. The Kier molecular flexibility index (Phi) is 6.60. The molecule has 4 rings (SSSR count). The van der Waals surface area contributed by atoms with Crippen LogP contribution in [0.1, 0.15) is 23.7 Å². The van der Waals surface area contributed by atoms with Crippen LogP contribution in [0.5, 0.6) is 5.75 Å². The van der Waals surface area contributed by atoms with Crippen LogP contribution >= 0.6 is 11.6 Å². The number of anilines is 1. The zero-order valence-corrected chi connectivity index (χ0v) is 18.8. The Morgan fingerprint density at radius 2 is 1.88 bits per heavy atom. The molecule has 2 N–H and O–H groups in total. The number of nitrogens with zero attached hydrogens (tertiary/aromatic N) is 1. The van der Waals surface area contributed by atoms with Crippen LogP contribution in [0.25, 0.3) is 22.4 Å². The highest BCUT2D eigenvalue weighted by Crippen LogP contribution is 2.28. The van der Waals surface area contributed by atoms with Crippen LogP contribution in [0.2, 0.25) is 5.02 Å². The van der Waals surface area contributed by atoms with Gasteiger partial charge in [-0.05, 0) is 42.8 Å². The minimum absolute atomic E-state index is 0.297. The lowest BCUT2D eigenvalue weighted by molar-refractivity contribution is -0.124. The lowest BCUT2D eigenvalue weighted by atomic mass is 10.2. The van der Waals surface area contributed by atoms with E-state index in [4.69, 9.17) is 21.1 Å². The summed E-state index contributed by atoms with van der Waals surface area (Å²) in [7, 11) is 1.49. The van der Waals surface area contributed by atoms with Crippen LogP contribution in [-0.4, -0.2) is 35.1 Å². The van der Waals surface area contributed by atoms with Gasteiger partial charge in [-0.2, -0.15) is 0 Å². The van der Waals surface area contributed by atoms with E-state index >= 15 is 0 Å². The molecule has 4 aromatic rings. The molecule has 0 bridgehead atoms. The van der Waals surface area contributed by atoms with Crippen LogP contribution in [0.3, 0.4) is 0 Å². The van der Waals surface area contributed by atoms with E-state index in [9.17, 15) is 9.59 Å². The van der Waals surface area contributed by atoms with E-state index in [2.05, 4.69) is 15.3 Å². The van der Waals surface area contributed by atoms with E-state index in [1.807, 2.05) is 30.3 Å². The number of ether oxygens (including phenoxy) is 2. The Labute approximate surface area is 195 Å². The Bertz CT molecular complexity index is 1300. The van der Waals surface area contributed by atoms with Crippen LogP contribution in [0.4, 0.5) is 5.69 Å². The Hall–Kier alpha value is -3.84. The summed E-state index contributed by atoms with van der Waals surface area (Å²) in [5.41, 5.74) is 3.08. The van der Waals surface area contributed by atoms with Crippen molar-refractivity contribution in [2.24, 2.45) is 0 Å². The van der Waals surface area contributed by atoms with Crippen molar-refractivity contribution in [2.75, 3.05) is 12.4 Å². The first-order valence-electron chi connectivity index (χ1n) is 10.4. The first kappa shape index (κ1) is 22.4. The van der Waals surface area contributed by atoms with Crippen LogP contribution in [-0.2, 0) is 9.53 Å². The molecule has 8 heteroatoms. The predicted octanol–water partition coefficient (Wildman–Crippen LogP) is 5.47. The number of rotatable bonds is 7. The molecule has 0 radical (unpaired) electrons. The number of nitrogens with one attached hydrogen (secondary N) is 2. The smallest absolute Gasteiger partial charge is 0.338 e. The minimum atomic E-state index is -0.987. The summed E-state index contributed by atoms with van der Waals surface area (Å²) in [6.07, 6.45) is -0.691. The predicted molar refractivity (Wildman–Crippen MR) is 128 cm³/mol. The molecule has 1 unspecified atom stereocenters. The number of benzene rings is 3. The highest BCUT2D eigenvalue weighted by Gasteiger charge is 2.23. The number of hydrogen-bond donors (Lipinski definition) is 2. The molecule has 7 nitrogen and oxygen atoms in total. The van der Waals surface area contributed by atoms with Crippen molar-refractivity contribution in [3.05, 3.63) is 77.3 Å². The molecule has 3 aromatic carbocycles. The molecule has 1 heterocycles. The molecule has 0 aliphatic heterocycles. The highest BCUT2D eigenvalue weighted by molar-refractivity contribution is 6.31. The highest BCUT2D eigenvalue weighted by atomic mass is 35.5.